The molecule has 0 bridgehead atoms. The Hall–Kier alpha value is -3.90. The average molecular weight is 731 g/mol. The molecule has 3 heterocycles. The molecule has 2 amide bonds. The van der Waals surface area contributed by atoms with E-state index in [0.717, 1.165) is 73.9 Å². The zero-order valence-corrected chi connectivity index (χ0v) is 34.1. The number of rotatable bonds is 11. The van der Waals surface area contributed by atoms with Gasteiger partial charge in [-0.2, -0.15) is 0 Å². The first-order chi connectivity index (χ1) is 24.6. The minimum Gasteiger partial charge on any atom is -0.484 e. The molecule has 1 aliphatic carbocycles. The summed E-state index contributed by atoms with van der Waals surface area (Å²) in [7, 11) is -0.243. The molecule has 0 spiro atoms. The molecule has 0 radical (unpaired) electrons. The number of urea groups is 1. The molecule has 1 saturated heterocycles. The molecule has 4 N–H and O–H groups in total. The molecule has 2 aliphatic rings. The topological polar surface area (TPSA) is 131 Å². The summed E-state index contributed by atoms with van der Waals surface area (Å²) in [4.78, 5) is 19.7. The molecule has 3 aromatic rings. The van der Waals surface area contributed by atoms with Gasteiger partial charge in [0, 0.05) is 37.9 Å². The van der Waals surface area contributed by atoms with Gasteiger partial charge in [0.2, 0.25) is 5.95 Å². The van der Waals surface area contributed by atoms with Crippen molar-refractivity contribution < 1.29 is 14.0 Å². The second-order valence-electron chi connectivity index (χ2n) is 16.6. The van der Waals surface area contributed by atoms with Crippen molar-refractivity contribution in [1.82, 2.24) is 25.2 Å². The molecule has 0 saturated carbocycles. The summed E-state index contributed by atoms with van der Waals surface area (Å²) < 4.78 is 15.7. The van der Waals surface area contributed by atoms with E-state index in [0.29, 0.717) is 34.1 Å². The zero-order chi connectivity index (χ0) is 37.8. The number of nitrogens with one attached hydrogen (secondary N) is 2. The second kappa shape index (κ2) is 16.4. The van der Waals surface area contributed by atoms with E-state index in [1.54, 1.807) is 13.1 Å². The predicted molar refractivity (Wildman–Crippen MR) is 213 cm³/mol. The quantitative estimate of drug-likeness (QED) is 0.103. The highest BCUT2D eigenvalue weighted by Crippen LogP contribution is 2.43. The fraction of sp³-hybridized carbons (Fsp3) is 0.600. The number of carbonyl (C=O) groups is 1. The van der Waals surface area contributed by atoms with Gasteiger partial charge in [-0.25, -0.2) is 4.79 Å². The number of aliphatic imine (C=N–C) groups is 1. The largest absolute Gasteiger partial charge is 0.484 e. The summed E-state index contributed by atoms with van der Waals surface area (Å²) in [5.41, 5.74) is 11.3. The van der Waals surface area contributed by atoms with Gasteiger partial charge in [0.1, 0.15) is 17.7 Å². The van der Waals surface area contributed by atoms with Gasteiger partial charge in [-0.05, 0) is 77.6 Å². The first kappa shape index (κ1) is 39.3. The van der Waals surface area contributed by atoms with Gasteiger partial charge in [0.15, 0.2) is 14.0 Å². The van der Waals surface area contributed by atoms with Crippen molar-refractivity contribution in [1.29, 1.82) is 0 Å². The lowest BCUT2D eigenvalue weighted by atomic mass is 9.85. The fourth-order valence-electron chi connectivity index (χ4n) is 8.22. The van der Waals surface area contributed by atoms with Crippen molar-refractivity contribution in [2.24, 2.45) is 22.1 Å². The summed E-state index contributed by atoms with van der Waals surface area (Å²) in [5, 5.41) is 15.1. The number of allylic oxidation sites excluding steroid dienone is 1. The van der Waals surface area contributed by atoms with E-state index >= 15 is 0 Å². The van der Waals surface area contributed by atoms with Crippen molar-refractivity contribution in [3.63, 3.8) is 0 Å². The van der Waals surface area contributed by atoms with Crippen LogP contribution in [0.25, 0.3) is 5.65 Å². The Bertz CT molecular complexity index is 1710. The number of hydrogen-bond donors (Lipinski definition) is 3. The molecule has 12 heteroatoms. The SMILES string of the molecule is CN=C(C=C(N)C(C)(C)C)NC(=O)N[C@H]1CC[C@@H](Oc2ccc3nnc(N4CCC(CO[Si](C(C)C)(C(C)C)C(C)C)CC4)n3c2)c2ccccc21. The monoisotopic (exact) mass is 730 g/mol. The van der Waals surface area contributed by atoms with E-state index in [1.807, 2.05) is 51.2 Å². The molecule has 52 heavy (non-hydrogen) atoms. The number of aromatic nitrogens is 3. The van der Waals surface area contributed by atoms with Crippen LogP contribution in [0.5, 0.6) is 5.75 Å². The summed E-state index contributed by atoms with van der Waals surface area (Å²) in [6.07, 6.45) is 7.18. The van der Waals surface area contributed by atoms with Crippen LogP contribution in [-0.4, -0.2) is 61.5 Å². The highest BCUT2D eigenvalue weighted by molar-refractivity contribution is 6.77. The van der Waals surface area contributed by atoms with Crippen LogP contribution in [-0.2, 0) is 4.43 Å². The molecular weight excluding hydrogens is 669 g/mol. The van der Waals surface area contributed by atoms with Crippen LogP contribution >= 0.6 is 0 Å². The van der Waals surface area contributed by atoms with Gasteiger partial charge >= 0.3 is 6.03 Å². The molecule has 5 rings (SSSR count). The molecular formula is C40H62N8O3Si. The molecule has 1 aromatic carbocycles. The van der Waals surface area contributed by atoms with Crippen molar-refractivity contribution in [3.8, 4) is 5.75 Å². The predicted octanol–water partition coefficient (Wildman–Crippen LogP) is 8.31. The maximum absolute atomic E-state index is 13.1. The summed E-state index contributed by atoms with van der Waals surface area (Å²) in [6.45, 7) is 22.9. The highest BCUT2D eigenvalue weighted by atomic mass is 28.4. The Morgan fingerprint density at radius 3 is 2.25 bits per heavy atom. The lowest BCUT2D eigenvalue weighted by Gasteiger charge is -2.43. The van der Waals surface area contributed by atoms with Crippen LogP contribution in [0.1, 0.15) is 111 Å². The maximum atomic E-state index is 13.1. The fourth-order valence-corrected chi connectivity index (χ4v) is 13.7. The van der Waals surface area contributed by atoms with Gasteiger partial charge in [-0.15, -0.1) is 10.2 Å². The molecule has 284 valence electrons. The molecule has 2 atom stereocenters. The number of amidine groups is 1. The van der Waals surface area contributed by atoms with E-state index in [4.69, 9.17) is 14.9 Å². The van der Waals surface area contributed by atoms with Crippen molar-refractivity contribution >= 4 is 31.8 Å². The minimum atomic E-state index is -1.88. The smallest absolute Gasteiger partial charge is 0.320 e. The number of anilines is 1. The molecule has 2 aromatic heterocycles. The van der Waals surface area contributed by atoms with Crippen molar-refractivity contribution in [2.75, 3.05) is 31.6 Å². The molecule has 11 nitrogen and oxygen atoms in total. The van der Waals surface area contributed by atoms with E-state index in [2.05, 4.69) is 88.8 Å². The summed E-state index contributed by atoms with van der Waals surface area (Å²) in [6, 6.07) is 11.6. The van der Waals surface area contributed by atoms with Gasteiger partial charge < -0.3 is 25.1 Å². The van der Waals surface area contributed by atoms with E-state index in [-0.39, 0.29) is 23.6 Å². The number of nitrogens with two attached hydrogens (primary N) is 1. The maximum Gasteiger partial charge on any atom is 0.320 e. The number of fused-ring (bicyclic) bond motifs is 2. The minimum absolute atomic E-state index is 0.161. The second-order valence-corrected chi connectivity index (χ2v) is 22.0. The van der Waals surface area contributed by atoms with Gasteiger partial charge in [-0.3, -0.25) is 14.7 Å². The van der Waals surface area contributed by atoms with Crippen molar-refractivity contribution in [3.05, 3.63) is 65.5 Å². The number of benzene rings is 1. The van der Waals surface area contributed by atoms with Crippen LogP contribution in [0.4, 0.5) is 10.7 Å². The summed E-state index contributed by atoms with van der Waals surface area (Å²) >= 11 is 0. The lowest BCUT2D eigenvalue weighted by Crippen LogP contribution is -2.49. The Kier molecular flexibility index (Phi) is 12.4. The highest BCUT2D eigenvalue weighted by Gasteiger charge is 2.45. The first-order valence-electron chi connectivity index (χ1n) is 19.1. The van der Waals surface area contributed by atoms with Crippen LogP contribution in [0.3, 0.4) is 0 Å². The van der Waals surface area contributed by atoms with Crippen LogP contribution in [0.2, 0.25) is 16.6 Å². The van der Waals surface area contributed by atoms with E-state index in [9.17, 15) is 4.79 Å². The van der Waals surface area contributed by atoms with Gasteiger partial charge in [0.25, 0.3) is 0 Å². The van der Waals surface area contributed by atoms with Crippen LogP contribution in [0, 0.1) is 11.3 Å². The first-order valence-corrected chi connectivity index (χ1v) is 21.3. The average Bonchev–Trinajstić information content (AvgIpc) is 3.52. The zero-order valence-electron chi connectivity index (χ0n) is 33.1. The van der Waals surface area contributed by atoms with Crippen molar-refractivity contribution in [2.45, 2.75) is 117 Å². The third-order valence-electron chi connectivity index (χ3n) is 11.2. The number of piperidine rings is 1. The van der Waals surface area contributed by atoms with Gasteiger partial charge in [0.05, 0.1) is 12.2 Å². The van der Waals surface area contributed by atoms with Crippen LogP contribution < -0.4 is 26.0 Å². The van der Waals surface area contributed by atoms with E-state index in [1.165, 1.54) is 0 Å². The molecule has 1 fully saturated rings. The number of nitrogens with zero attached hydrogens (tertiary/aromatic N) is 5. The van der Waals surface area contributed by atoms with Crippen LogP contribution in [0.15, 0.2) is 59.4 Å². The third-order valence-corrected chi connectivity index (χ3v) is 17.3. The third kappa shape index (κ3) is 8.65. The standard InChI is InChI=1S/C40H62N8O3Si/c1-26(2)52(27(3)4,28(5)6)50-25-29-19-21-47(22-20-29)39-46-45-37-18-15-30(24-48(37)39)51-34-17-16-33(31-13-11-12-14-32(31)34)43-38(49)44-36(42-10)23-35(41)40(7,8)9/h11-15,18,23-24,26-29,33-34H,16-17,19-22,25,41H2,1-10H3,(H2,42,43,44,49)/t33-,34+/m0/s1. The molecule has 1 aliphatic heterocycles. The number of pyridine rings is 1. The van der Waals surface area contributed by atoms with Gasteiger partial charge in [-0.1, -0.05) is 86.6 Å². The number of ether oxygens (including phenoxy) is 1. The Morgan fingerprint density at radius 1 is 0.981 bits per heavy atom. The summed E-state index contributed by atoms with van der Waals surface area (Å²) in [5.74, 6) is 2.58. The van der Waals surface area contributed by atoms with E-state index < -0.39 is 8.32 Å². The molecule has 0 unspecified atom stereocenters. The number of carbonyl (C=O) groups excluding carboxylic acids is 1. The normalized spacial score (nSPS) is 19.4. The Morgan fingerprint density at radius 2 is 1.63 bits per heavy atom. The lowest BCUT2D eigenvalue weighted by molar-refractivity contribution is 0.171. The Balaban J connectivity index is 1.23. The number of hydrogen-bond acceptors (Lipinski definition) is 8. The Labute approximate surface area is 312 Å². The number of amides is 2.